The molecule has 15 heavy (non-hydrogen) atoms. The van der Waals surface area contributed by atoms with Crippen LogP contribution in [0.25, 0.3) is 0 Å². The van der Waals surface area contributed by atoms with E-state index >= 15 is 0 Å². The maximum Gasteiger partial charge on any atom is 0.317 e. The molecule has 0 aromatic carbocycles. The van der Waals surface area contributed by atoms with Crippen LogP contribution in [0.3, 0.4) is 0 Å². The minimum absolute atomic E-state index is 0.0338. The summed E-state index contributed by atoms with van der Waals surface area (Å²) in [4.78, 5) is 17.5. The van der Waals surface area contributed by atoms with Gasteiger partial charge in [0.25, 0.3) is 0 Å². The van der Waals surface area contributed by atoms with Gasteiger partial charge in [0.1, 0.15) is 5.01 Å². The Morgan fingerprint density at radius 3 is 3.07 bits per heavy atom. The molecule has 0 unspecified atom stereocenters. The molecule has 5 nitrogen and oxygen atoms in total. The number of hydrogen-bond donors (Lipinski definition) is 1. The van der Waals surface area contributed by atoms with Crippen molar-refractivity contribution in [3.63, 3.8) is 0 Å². The molecule has 1 saturated heterocycles. The Morgan fingerprint density at radius 2 is 2.40 bits per heavy atom. The van der Waals surface area contributed by atoms with Gasteiger partial charge in [-0.05, 0) is 0 Å². The summed E-state index contributed by atoms with van der Waals surface area (Å²) >= 11 is 1.54. The van der Waals surface area contributed by atoms with E-state index in [-0.39, 0.29) is 6.03 Å². The molecule has 0 bridgehead atoms. The van der Waals surface area contributed by atoms with Gasteiger partial charge in [-0.1, -0.05) is 0 Å². The summed E-state index contributed by atoms with van der Waals surface area (Å²) in [5, 5.41) is 5.66. The van der Waals surface area contributed by atoms with Crippen molar-refractivity contribution < 1.29 is 9.53 Å². The van der Waals surface area contributed by atoms with E-state index in [1.807, 2.05) is 5.38 Å². The first-order valence-corrected chi connectivity index (χ1v) is 5.73. The third kappa shape index (κ3) is 2.90. The lowest BCUT2D eigenvalue weighted by atomic mass is 10.4. The van der Waals surface area contributed by atoms with Crippen LogP contribution in [0.1, 0.15) is 5.01 Å². The number of thiazole rings is 1. The lowest BCUT2D eigenvalue weighted by Gasteiger charge is -2.26. The fourth-order valence-corrected chi connectivity index (χ4v) is 1.93. The Balaban J connectivity index is 1.76. The molecule has 1 aliphatic heterocycles. The van der Waals surface area contributed by atoms with Crippen LogP contribution in [0.15, 0.2) is 11.6 Å². The van der Waals surface area contributed by atoms with E-state index in [1.165, 1.54) is 0 Å². The number of hydrogen-bond acceptors (Lipinski definition) is 4. The Hall–Kier alpha value is -1.14. The molecule has 1 aliphatic rings. The number of nitrogens with zero attached hydrogens (tertiary/aromatic N) is 2. The number of amides is 2. The molecular weight excluding hydrogens is 214 g/mol. The van der Waals surface area contributed by atoms with Crippen molar-refractivity contribution in [1.29, 1.82) is 0 Å². The van der Waals surface area contributed by atoms with Crippen molar-refractivity contribution in [3.05, 3.63) is 16.6 Å². The maximum absolute atomic E-state index is 11.6. The molecule has 1 aromatic heterocycles. The van der Waals surface area contributed by atoms with Crippen molar-refractivity contribution in [2.45, 2.75) is 6.54 Å². The Kier molecular flexibility index (Phi) is 3.52. The number of carbonyl (C=O) groups excluding carboxylic acids is 1. The second kappa shape index (κ2) is 5.09. The molecule has 2 rings (SSSR count). The van der Waals surface area contributed by atoms with E-state index in [0.29, 0.717) is 32.8 Å². The average Bonchev–Trinajstić information content (AvgIpc) is 2.80. The first-order valence-electron chi connectivity index (χ1n) is 4.85. The Labute approximate surface area is 92.1 Å². The third-order valence-corrected chi connectivity index (χ3v) is 2.95. The number of carbonyl (C=O) groups is 1. The molecule has 1 N–H and O–H groups in total. The van der Waals surface area contributed by atoms with Crippen LogP contribution in [0.2, 0.25) is 0 Å². The van der Waals surface area contributed by atoms with Crippen LogP contribution in [0.4, 0.5) is 4.79 Å². The van der Waals surface area contributed by atoms with Gasteiger partial charge in [-0.15, -0.1) is 11.3 Å². The van der Waals surface area contributed by atoms with E-state index in [9.17, 15) is 4.79 Å². The number of rotatable bonds is 2. The van der Waals surface area contributed by atoms with Gasteiger partial charge < -0.3 is 15.0 Å². The minimum Gasteiger partial charge on any atom is -0.378 e. The van der Waals surface area contributed by atoms with Gasteiger partial charge >= 0.3 is 6.03 Å². The molecule has 2 heterocycles. The largest absolute Gasteiger partial charge is 0.378 e. The first kappa shape index (κ1) is 10.4. The molecule has 1 fully saturated rings. The van der Waals surface area contributed by atoms with Crippen LogP contribution in [0.5, 0.6) is 0 Å². The average molecular weight is 227 g/mol. The standard InChI is InChI=1S/C9H13N3O2S/c13-9(12-2-4-14-5-3-12)11-7-8-10-1-6-15-8/h1,6H,2-5,7H2,(H,11,13). The molecule has 82 valence electrons. The highest BCUT2D eigenvalue weighted by molar-refractivity contribution is 7.09. The Morgan fingerprint density at radius 1 is 1.60 bits per heavy atom. The van der Waals surface area contributed by atoms with Gasteiger partial charge in [-0.25, -0.2) is 9.78 Å². The second-order valence-corrected chi connectivity index (χ2v) is 4.16. The quantitative estimate of drug-likeness (QED) is 0.808. The second-order valence-electron chi connectivity index (χ2n) is 3.18. The fraction of sp³-hybridized carbons (Fsp3) is 0.556. The zero-order chi connectivity index (χ0) is 10.5. The van der Waals surface area contributed by atoms with Gasteiger partial charge in [-0.3, -0.25) is 0 Å². The van der Waals surface area contributed by atoms with Crippen LogP contribution in [-0.4, -0.2) is 42.2 Å². The van der Waals surface area contributed by atoms with Crippen molar-refractivity contribution >= 4 is 17.4 Å². The first-order chi connectivity index (χ1) is 7.36. The number of urea groups is 1. The van der Waals surface area contributed by atoms with Crippen LogP contribution in [0, 0.1) is 0 Å². The Bertz CT molecular complexity index is 309. The summed E-state index contributed by atoms with van der Waals surface area (Å²) in [5.74, 6) is 0. The summed E-state index contributed by atoms with van der Waals surface area (Å²) in [6.07, 6.45) is 1.74. The van der Waals surface area contributed by atoms with Gasteiger partial charge in [-0.2, -0.15) is 0 Å². The van der Waals surface area contributed by atoms with Crippen LogP contribution < -0.4 is 5.32 Å². The molecule has 1 aromatic rings. The van der Waals surface area contributed by atoms with Gasteiger partial charge in [0.2, 0.25) is 0 Å². The topological polar surface area (TPSA) is 54.5 Å². The molecule has 0 spiro atoms. The highest BCUT2D eigenvalue weighted by Gasteiger charge is 2.16. The van der Waals surface area contributed by atoms with E-state index < -0.39 is 0 Å². The predicted octanol–water partition coefficient (Wildman–Crippen LogP) is 0.685. The highest BCUT2D eigenvalue weighted by atomic mass is 32.1. The summed E-state index contributed by atoms with van der Waals surface area (Å²) in [7, 11) is 0. The number of aromatic nitrogens is 1. The maximum atomic E-state index is 11.6. The summed E-state index contributed by atoms with van der Waals surface area (Å²) < 4.78 is 5.17. The SMILES string of the molecule is O=C(NCc1nccs1)N1CCOCC1. The van der Waals surface area contributed by atoms with Crippen molar-refractivity contribution in [2.24, 2.45) is 0 Å². The zero-order valence-corrected chi connectivity index (χ0v) is 9.13. The summed E-state index contributed by atoms with van der Waals surface area (Å²) in [6.45, 7) is 3.11. The van der Waals surface area contributed by atoms with Crippen LogP contribution in [-0.2, 0) is 11.3 Å². The lowest BCUT2D eigenvalue weighted by molar-refractivity contribution is 0.0531. The normalized spacial score (nSPS) is 16.4. The van der Waals surface area contributed by atoms with Crippen molar-refractivity contribution in [1.82, 2.24) is 15.2 Å². The number of nitrogens with one attached hydrogen (secondary N) is 1. The third-order valence-electron chi connectivity index (χ3n) is 2.17. The van der Waals surface area contributed by atoms with Gasteiger partial charge in [0.05, 0.1) is 19.8 Å². The summed E-state index contributed by atoms with van der Waals surface area (Å²) in [6, 6.07) is -0.0338. The van der Waals surface area contributed by atoms with Crippen LogP contribution >= 0.6 is 11.3 Å². The fourth-order valence-electron chi connectivity index (χ4n) is 1.37. The zero-order valence-electron chi connectivity index (χ0n) is 8.31. The van der Waals surface area contributed by atoms with Crippen molar-refractivity contribution in [2.75, 3.05) is 26.3 Å². The van der Waals surface area contributed by atoms with E-state index in [2.05, 4.69) is 10.3 Å². The lowest BCUT2D eigenvalue weighted by Crippen LogP contribution is -2.45. The molecule has 0 aliphatic carbocycles. The van der Waals surface area contributed by atoms with Gasteiger partial charge in [0, 0.05) is 24.7 Å². The molecule has 0 saturated carbocycles. The van der Waals surface area contributed by atoms with E-state index in [0.717, 1.165) is 5.01 Å². The van der Waals surface area contributed by atoms with Crippen molar-refractivity contribution in [3.8, 4) is 0 Å². The number of ether oxygens (including phenoxy) is 1. The molecular formula is C9H13N3O2S. The molecule has 2 amide bonds. The minimum atomic E-state index is -0.0338. The monoisotopic (exact) mass is 227 g/mol. The molecule has 6 heteroatoms. The predicted molar refractivity (Wildman–Crippen MR) is 56.7 cm³/mol. The van der Waals surface area contributed by atoms with E-state index in [1.54, 1.807) is 22.4 Å². The highest BCUT2D eigenvalue weighted by Crippen LogP contribution is 2.03. The smallest absolute Gasteiger partial charge is 0.317 e. The van der Waals surface area contributed by atoms with Gasteiger partial charge in [0.15, 0.2) is 0 Å². The molecule has 0 radical (unpaired) electrons. The number of morpholine rings is 1. The molecule has 0 atom stereocenters. The summed E-state index contributed by atoms with van der Waals surface area (Å²) in [5.41, 5.74) is 0. The van der Waals surface area contributed by atoms with E-state index in [4.69, 9.17) is 4.74 Å².